The van der Waals surface area contributed by atoms with Crippen molar-refractivity contribution in [2.24, 2.45) is 5.92 Å². The zero-order valence-corrected chi connectivity index (χ0v) is 16.5. The summed E-state index contributed by atoms with van der Waals surface area (Å²) in [4.78, 5) is 0. The van der Waals surface area contributed by atoms with Crippen LogP contribution in [0.4, 0.5) is 5.69 Å². The summed E-state index contributed by atoms with van der Waals surface area (Å²) in [5.41, 5.74) is 2.89. The zero-order chi connectivity index (χ0) is 19.8. The van der Waals surface area contributed by atoms with Crippen molar-refractivity contribution in [1.82, 2.24) is 15.2 Å². The predicted molar refractivity (Wildman–Crippen MR) is 118 cm³/mol. The minimum absolute atomic E-state index is 0.163. The first-order valence-electron chi connectivity index (χ1n) is 9.30. The molecule has 27 heavy (non-hydrogen) atoms. The summed E-state index contributed by atoms with van der Waals surface area (Å²) in [6.45, 7) is 21.7. The highest BCUT2D eigenvalue weighted by molar-refractivity contribution is 5.94. The summed E-state index contributed by atoms with van der Waals surface area (Å²) >= 11 is 0. The lowest BCUT2D eigenvalue weighted by molar-refractivity contribution is 0.133. The van der Waals surface area contributed by atoms with E-state index in [0.717, 1.165) is 51.4 Å². The molecule has 1 heterocycles. The predicted octanol–water partition coefficient (Wildman–Crippen LogP) is 2.63. The van der Waals surface area contributed by atoms with E-state index >= 15 is 0 Å². The van der Waals surface area contributed by atoms with Crippen LogP contribution < -0.4 is 26.6 Å². The van der Waals surface area contributed by atoms with Gasteiger partial charge in [0.25, 0.3) is 0 Å². The number of aromatic nitrogens is 1. The van der Waals surface area contributed by atoms with Crippen molar-refractivity contribution in [2.75, 3.05) is 26.0 Å². The van der Waals surface area contributed by atoms with Crippen molar-refractivity contribution in [2.45, 2.75) is 18.4 Å². The Morgan fingerprint density at radius 2 is 1.89 bits per heavy atom. The lowest BCUT2D eigenvalue weighted by atomic mass is 9.66. The van der Waals surface area contributed by atoms with E-state index in [1.807, 2.05) is 20.2 Å². The third-order valence-electron chi connectivity index (χ3n) is 5.89. The molecule has 1 aliphatic carbocycles. The maximum absolute atomic E-state index is 4.42. The second kappa shape index (κ2) is 7.03. The third kappa shape index (κ3) is 2.95. The van der Waals surface area contributed by atoms with Crippen molar-refractivity contribution in [1.29, 1.82) is 0 Å². The van der Waals surface area contributed by atoms with Gasteiger partial charge in [0.15, 0.2) is 0 Å². The van der Waals surface area contributed by atoms with Gasteiger partial charge in [-0.1, -0.05) is 44.5 Å². The summed E-state index contributed by atoms with van der Waals surface area (Å²) < 4.78 is 2.27. The van der Waals surface area contributed by atoms with Gasteiger partial charge in [-0.05, 0) is 18.9 Å². The van der Waals surface area contributed by atoms with Gasteiger partial charge < -0.3 is 20.5 Å². The van der Waals surface area contributed by atoms with E-state index in [2.05, 4.69) is 71.6 Å². The van der Waals surface area contributed by atoms with Gasteiger partial charge >= 0.3 is 0 Å². The second-order valence-electron chi connectivity index (χ2n) is 7.35. The third-order valence-corrected chi connectivity index (χ3v) is 5.89. The maximum atomic E-state index is 4.42. The van der Waals surface area contributed by atoms with Gasteiger partial charge in [-0.3, -0.25) is 0 Å². The van der Waals surface area contributed by atoms with E-state index in [1.165, 1.54) is 0 Å². The fraction of sp³-hybridized carbons (Fsp3) is 0.304. The Balaban J connectivity index is 2.07. The summed E-state index contributed by atoms with van der Waals surface area (Å²) in [5, 5.41) is 13.9. The molecule has 0 radical (unpaired) electrons. The fourth-order valence-electron chi connectivity index (χ4n) is 4.16. The summed E-state index contributed by atoms with van der Waals surface area (Å²) in [6, 6.07) is 6.25. The van der Waals surface area contributed by atoms with E-state index in [9.17, 15) is 0 Å². The lowest BCUT2D eigenvalue weighted by Crippen LogP contribution is -2.53. The van der Waals surface area contributed by atoms with E-state index in [-0.39, 0.29) is 5.54 Å². The Labute approximate surface area is 161 Å². The van der Waals surface area contributed by atoms with Crippen molar-refractivity contribution in [3.63, 3.8) is 0 Å². The standard InChI is InChI=1S/C23H30N4/c1-8-23(12-19(13-23)16(3)25-7)27-17(4)20-10-9-11-21(22(20)18(27)5)26-14-15(2)24-6/h8-11,19,24-26H,1-5,12-14H2,6-7H3. The van der Waals surface area contributed by atoms with Crippen molar-refractivity contribution in [3.05, 3.63) is 66.1 Å². The van der Waals surface area contributed by atoms with Gasteiger partial charge in [0, 0.05) is 58.6 Å². The van der Waals surface area contributed by atoms with Gasteiger partial charge in [-0.2, -0.15) is 0 Å². The van der Waals surface area contributed by atoms with Crippen LogP contribution in [0.15, 0.2) is 55.4 Å². The Morgan fingerprint density at radius 3 is 2.48 bits per heavy atom. The van der Waals surface area contributed by atoms with Crippen LogP contribution in [-0.4, -0.2) is 25.2 Å². The van der Waals surface area contributed by atoms with Crippen LogP contribution in [0, 0.1) is 5.92 Å². The topological polar surface area (TPSA) is 41.0 Å². The van der Waals surface area contributed by atoms with Crippen LogP contribution >= 0.6 is 0 Å². The first kappa shape index (κ1) is 18.9. The summed E-state index contributed by atoms with van der Waals surface area (Å²) in [6.07, 6.45) is 3.97. The largest absolute Gasteiger partial charge is 0.392 e. The molecule has 1 aromatic heterocycles. The molecule has 0 aliphatic heterocycles. The van der Waals surface area contributed by atoms with Crippen molar-refractivity contribution < 1.29 is 0 Å². The number of benzene rings is 1. The molecule has 3 N–H and O–H groups in total. The van der Waals surface area contributed by atoms with Crippen LogP contribution in [-0.2, 0) is 5.54 Å². The first-order valence-corrected chi connectivity index (χ1v) is 9.30. The number of hydrogen-bond donors (Lipinski definition) is 3. The Bertz CT molecular complexity index is 1010. The molecule has 0 bridgehead atoms. The van der Waals surface area contributed by atoms with Gasteiger partial charge in [0.05, 0.1) is 12.1 Å². The molecule has 0 unspecified atom stereocenters. The molecule has 1 saturated carbocycles. The number of anilines is 1. The van der Waals surface area contributed by atoms with Crippen LogP contribution in [0.1, 0.15) is 12.8 Å². The maximum Gasteiger partial charge on any atom is 0.0643 e. The van der Waals surface area contributed by atoms with Crippen LogP contribution in [0.5, 0.6) is 0 Å². The zero-order valence-electron chi connectivity index (χ0n) is 16.5. The number of nitrogens with one attached hydrogen (secondary N) is 3. The average Bonchev–Trinajstić information content (AvgIpc) is 2.91. The van der Waals surface area contributed by atoms with Gasteiger partial charge in [0.2, 0.25) is 0 Å². The van der Waals surface area contributed by atoms with Crippen LogP contribution in [0.2, 0.25) is 0 Å². The van der Waals surface area contributed by atoms with Gasteiger partial charge in [-0.25, -0.2) is 0 Å². The van der Waals surface area contributed by atoms with E-state index in [4.69, 9.17) is 0 Å². The quantitative estimate of drug-likeness (QED) is 0.633. The Kier molecular flexibility index (Phi) is 4.92. The van der Waals surface area contributed by atoms with E-state index < -0.39 is 0 Å². The highest BCUT2D eigenvalue weighted by atomic mass is 15.1. The molecule has 1 aliphatic rings. The van der Waals surface area contributed by atoms with Crippen LogP contribution in [0.3, 0.4) is 0 Å². The average molecular weight is 363 g/mol. The number of fused-ring (bicyclic) bond motifs is 1. The molecule has 0 saturated heterocycles. The molecule has 142 valence electrons. The normalized spacial score (nSPS) is 21.3. The van der Waals surface area contributed by atoms with E-state index in [1.54, 1.807) is 0 Å². The highest BCUT2D eigenvalue weighted by Crippen LogP contribution is 2.46. The van der Waals surface area contributed by atoms with Gasteiger partial charge in [-0.15, -0.1) is 6.58 Å². The van der Waals surface area contributed by atoms with Gasteiger partial charge in [0.1, 0.15) is 0 Å². The van der Waals surface area contributed by atoms with E-state index in [0.29, 0.717) is 12.5 Å². The number of hydrogen-bond acceptors (Lipinski definition) is 3. The van der Waals surface area contributed by atoms with Crippen LogP contribution in [0.25, 0.3) is 23.9 Å². The monoisotopic (exact) mass is 362 g/mol. The molecule has 0 amide bonds. The summed E-state index contributed by atoms with van der Waals surface area (Å²) in [7, 11) is 3.80. The summed E-state index contributed by atoms with van der Waals surface area (Å²) in [5.74, 6) is 0.439. The number of rotatable bonds is 8. The Morgan fingerprint density at radius 1 is 1.19 bits per heavy atom. The minimum Gasteiger partial charge on any atom is -0.392 e. The molecule has 2 aromatic rings. The second-order valence-corrected chi connectivity index (χ2v) is 7.35. The molecule has 1 aromatic carbocycles. The molecular formula is C23H30N4. The molecule has 4 heteroatoms. The minimum atomic E-state index is -0.163. The smallest absolute Gasteiger partial charge is 0.0643 e. The number of likely N-dealkylation sites (N-methyl/N-ethyl adjacent to an activating group) is 1. The Hall–Kier alpha value is -2.88. The van der Waals surface area contributed by atoms with Crippen molar-refractivity contribution in [3.8, 4) is 0 Å². The van der Waals surface area contributed by atoms with Crippen molar-refractivity contribution >= 4 is 29.6 Å². The molecule has 0 spiro atoms. The molecule has 3 rings (SSSR count). The number of nitrogens with zero attached hydrogens (tertiary/aromatic N) is 1. The first-order chi connectivity index (χ1) is 12.9. The molecule has 0 atom stereocenters. The highest BCUT2D eigenvalue weighted by Gasteiger charge is 2.45. The molecule has 1 fully saturated rings. The lowest BCUT2D eigenvalue weighted by Gasteiger charge is -2.48. The molecule has 4 nitrogen and oxygen atoms in total. The molecular weight excluding hydrogens is 332 g/mol. The number of allylic oxidation sites excluding steroid dienone is 2. The fourth-order valence-corrected chi connectivity index (χ4v) is 4.16. The SMILES string of the molecule is C=CC1(n2c(=C)c3cccc(NCC(=C)NC)c3c2=C)CC(C(=C)NC)C1.